The molecule has 1 aliphatic rings. The van der Waals surface area contributed by atoms with Gasteiger partial charge in [0.05, 0.1) is 7.11 Å². The van der Waals surface area contributed by atoms with Gasteiger partial charge in [-0.1, -0.05) is 0 Å². The van der Waals surface area contributed by atoms with Crippen molar-refractivity contribution < 1.29 is 17.9 Å². The van der Waals surface area contributed by atoms with E-state index in [2.05, 4.69) is 10.0 Å². The number of benzene rings is 1. The quantitative estimate of drug-likeness (QED) is 0.787. The highest BCUT2D eigenvalue weighted by Crippen LogP contribution is 2.26. The van der Waals surface area contributed by atoms with Crippen molar-refractivity contribution in [3.8, 4) is 5.75 Å². The number of sulfonamides is 1. The summed E-state index contributed by atoms with van der Waals surface area (Å²) in [7, 11) is -0.589. The van der Waals surface area contributed by atoms with Crippen LogP contribution in [-0.4, -0.2) is 58.6 Å². The smallest absolute Gasteiger partial charge is 0.253 e. The van der Waals surface area contributed by atoms with Gasteiger partial charge in [0.1, 0.15) is 10.6 Å². The Morgan fingerprint density at radius 2 is 1.96 bits per heavy atom. The molecule has 0 spiro atoms. The number of nitrogens with one attached hydrogen (secondary N) is 2. The van der Waals surface area contributed by atoms with Crippen LogP contribution in [0.1, 0.15) is 37.0 Å². The second-order valence-electron chi connectivity index (χ2n) is 6.54. The summed E-state index contributed by atoms with van der Waals surface area (Å²) >= 11 is 0. The lowest BCUT2D eigenvalue weighted by atomic mass is 10.0. The summed E-state index contributed by atoms with van der Waals surface area (Å²) in [5.41, 5.74) is 0.339. The van der Waals surface area contributed by atoms with Gasteiger partial charge in [-0.25, -0.2) is 13.1 Å². The molecule has 2 N–H and O–H groups in total. The monoisotopic (exact) mass is 369 g/mol. The molecule has 0 unspecified atom stereocenters. The SMILES string of the molecule is COc1ccc(C(=O)N(C)C2CCNCC2)cc1S(=O)(=O)NC(C)C. The molecule has 0 saturated carbocycles. The van der Waals surface area contributed by atoms with Crippen LogP contribution in [0.15, 0.2) is 23.1 Å². The summed E-state index contributed by atoms with van der Waals surface area (Å²) in [6, 6.07) is 4.42. The van der Waals surface area contributed by atoms with Gasteiger partial charge >= 0.3 is 0 Å². The number of hydrogen-bond acceptors (Lipinski definition) is 5. The Morgan fingerprint density at radius 1 is 1.32 bits per heavy atom. The maximum absolute atomic E-state index is 12.8. The van der Waals surface area contributed by atoms with Gasteiger partial charge in [-0.15, -0.1) is 0 Å². The van der Waals surface area contributed by atoms with E-state index in [0.29, 0.717) is 5.56 Å². The lowest BCUT2D eigenvalue weighted by molar-refractivity contribution is 0.0703. The van der Waals surface area contributed by atoms with Gasteiger partial charge in [0.25, 0.3) is 5.91 Å². The number of rotatable bonds is 6. The highest BCUT2D eigenvalue weighted by molar-refractivity contribution is 7.89. The Kier molecular flexibility index (Phi) is 6.42. The molecular formula is C17H27N3O4S. The zero-order valence-corrected chi connectivity index (χ0v) is 16.0. The molecule has 1 amide bonds. The average Bonchev–Trinajstić information content (AvgIpc) is 2.59. The van der Waals surface area contributed by atoms with Crippen molar-refractivity contribution in [1.82, 2.24) is 14.9 Å². The number of amides is 1. The van der Waals surface area contributed by atoms with Crippen molar-refractivity contribution in [2.75, 3.05) is 27.2 Å². The third-order valence-electron chi connectivity index (χ3n) is 4.27. The van der Waals surface area contributed by atoms with Crippen molar-refractivity contribution in [3.63, 3.8) is 0 Å². The highest BCUT2D eigenvalue weighted by atomic mass is 32.2. The van der Waals surface area contributed by atoms with Gasteiger partial charge in [0.15, 0.2) is 0 Å². The van der Waals surface area contributed by atoms with Crippen LogP contribution < -0.4 is 14.8 Å². The van der Waals surface area contributed by atoms with Crippen LogP contribution in [0.2, 0.25) is 0 Å². The molecule has 7 nitrogen and oxygen atoms in total. The van der Waals surface area contributed by atoms with E-state index in [9.17, 15) is 13.2 Å². The van der Waals surface area contributed by atoms with Crippen molar-refractivity contribution in [1.29, 1.82) is 0 Å². The van der Waals surface area contributed by atoms with E-state index in [1.54, 1.807) is 31.9 Å². The molecule has 2 rings (SSSR count). The van der Waals surface area contributed by atoms with Crippen LogP contribution in [0.5, 0.6) is 5.75 Å². The Balaban J connectivity index is 2.33. The van der Waals surface area contributed by atoms with E-state index in [4.69, 9.17) is 4.74 Å². The first-order valence-corrected chi connectivity index (χ1v) is 9.93. The zero-order valence-electron chi connectivity index (χ0n) is 15.2. The van der Waals surface area contributed by atoms with E-state index < -0.39 is 10.0 Å². The summed E-state index contributed by atoms with van der Waals surface area (Å²) in [5, 5.41) is 3.27. The van der Waals surface area contributed by atoms with E-state index in [1.165, 1.54) is 19.2 Å². The molecule has 0 bridgehead atoms. The first-order valence-electron chi connectivity index (χ1n) is 8.44. The standard InChI is InChI=1S/C17H27N3O4S/c1-12(2)19-25(22,23)16-11-13(5-6-15(16)24-4)17(21)20(3)14-7-9-18-10-8-14/h5-6,11-12,14,18-19H,7-10H2,1-4H3. The first kappa shape index (κ1) is 19.7. The van der Waals surface area contributed by atoms with Crippen molar-refractivity contribution in [3.05, 3.63) is 23.8 Å². The number of carbonyl (C=O) groups is 1. The zero-order chi connectivity index (χ0) is 18.6. The Morgan fingerprint density at radius 3 is 2.52 bits per heavy atom. The number of carbonyl (C=O) groups excluding carboxylic acids is 1. The molecule has 0 radical (unpaired) electrons. The summed E-state index contributed by atoms with van der Waals surface area (Å²) in [5.74, 6) is 0.0322. The fourth-order valence-corrected chi connectivity index (χ4v) is 4.40. The molecule has 140 valence electrons. The molecule has 25 heavy (non-hydrogen) atoms. The average molecular weight is 369 g/mol. The molecule has 1 aromatic rings. The third-order valence-corrected chi connectivity index (χ3v) is 5.95. The maximum atomic E-state index is 12.8. The van der Waals surface area contributed by atoms with E-state index in [-0.39, 0.29) is 28.6 Å². The van der Waals surface area contributed by atoms with Crippen LogP contribution in [0.25, 0.3) is 0 Å². The molecule has 1 heterocycles. The van der Waals surface area contributed by atoms with Crippen LogP contribution in [-0.2, 0) is 10.0 Å². The van der Waals surface area contributed by atoms with Crippen molar-refractivity contribution in [2.24, 2.45) is 0 Å². The fourth-order valence-electron chi connectivity index (χ4n) is 2.96. The van der Waals surface area contributed by atoms with Gasteiger partial charge in [0.2, 0.25) is 10.0 Å². The minimum absolute atomic E-state index is 0.0201. The second kappa shape index (κ2) is 8.16. The molecule has 1 saturated heterocycles. The van der Waals surface area contributed by atoms with Gasteiger partial charge in [0, 0.05) is 24.7 Å². The number of piperidine rings is 1. The lowest BCUT2D eigenvalue weighted by Gasteiger charge is -2.31. The fraction of sp³-hybridized carbons (Fsp3) is 0.588. The molecule has 1 fully saturated rings. The molecule has 0 atom stereocenters. The van der Waals surface area contributed by atoms with Crippen LogP contribution in [0, 0.1) is 0 Å². The number of methoxy groups -OCH3 is 1. The van der Waals surface area contributed by atoms with Crippen LogP contribution in [0.4, 0.5) is 0 Å². The van der Waals surface area contributed by atoms with Crippen molar-refractivity contribution in [2.45, 2.75) is 43.7 Å². The van der Waals surface area contributed by atoms with Crippen LogP contribution >= 0.6 is 0 Å². The van der Waals surface area contributed by atoms with Gasteiger partial charge in [-0.3, -0.25) is 4.79 Å². The van der Waals surface area contributed by atoms with Gasteiger partial charge in [-0.2, -0.15) is 0 Å². The van der Waals surface area contributed by atoms with Gasteiger partial charge < -0.3 is 15.0 Å². The third kappa shape index (κ3) is 4.71. The predicted octanol–water partition coefficient (Wildman–Crippen LogP) is 1.21. The Hall–Kier alpha value is -1.64. The van der Waals surface area contributed by atoms with Crippen molar-refractivity contribution >= 4 is 15.9 Å². The summed E-state index contributed by atoms with van der Waals surface area (Å²) in [6.45, 7) is 5.24. The minimum Gasteiger partial charge on any atom is -0.495 e. The molecular weight excluding hydrogens is 342 g/mol. The summed E-state index contributed by atoms with van der Waals surface area (Å²) in [4.78, 5) is 14.5. The molecule has 1 aliphatic heterocycles. The second-order valence-corrected chi connectivity index (χ2v) is 8.22. The molecule has 0 aliphatic carbocycles. The number of hydrogen-bond donors (Lipinski definition) is 2. The van der Waals surface area contributed by atoms with Gasteiger partial charge in [-0.05, 0) is 58.0 Å². The Labute approximate surface area is 149 Å². The molecule has 1 aromatic carbocycles. The predicted molar refractivity (Wildman–Crippen MR) is 96.4 cm³/mol. The van der Waals surface area contributed by atoms with Crippen LogP contribution in [0.3, 0.4) is 0 Å². The first-order chi connectivity index (χ1) is 11.8. The molecule has 0 aromatic heterocycles. The molecule has 8 heteroatoms. The summed E-state index contributed by atoms with van der Waals surface area (Å²) < 4.78 is 32.8. The number of nitrogens with zero attached hydrogens (tertiary/aromatic N) is 1. The largest absolute Gasteiger partial charge is 0.495 e. The number of ether oxygens (including phenoxy) is 1. The summed E-state index contributed by atoms with van der Waals surface area (Å²) in [6.07, 6.45) is 1.77. The van der Waals surface area contributed by atoms with E-state index in [0.717, 1.165) is 25.9 Å². The lowest BCUT2D eigenvalue weighted by Crippen LogP contribution is -2.44. The minimum atomic E-state index is -3.76. The topological polar surface area (TPSA) is 87.7 Å². The van der Waals surface area contributed by atoms with E-state index >= 15 is 0 Å². The Bertz CT molecular complexity index is 713. The highest BCUT2D eigenvalue weighted by Gasteiger charge is 2.26. The maximum Gasteiger partial charge on any atom is 0.253 e. The van der Waals surface area contributed by atoms with E-state index in [1.807, 2.05) is 0 Å². The normalized spacial score (nSPS) is 16.0.